The van der Waals surface area contributed by atoms with Crippen LogP contribution < -0.4 is 10.5 Å². The molecule has 0 aliphatic carbocycles. The number of fused-ring (bicyclic) bond motifs is 2. The van der Waals surface area contributed by atoms with Crippen molar-refractivity contribution in [3.63, 3.8) is 0 Å². The van der Waals surface area contributed by atoms with E-state index in [2.05, 4.69) is 15.2 Å². The Balaban J connectivity index is 0.000000233. The van der Waals surface area contributed by atoms with Gasteiger partial charge in [0.25, 0.3) is 0 Å². The summed E-state index contributed by atoms with van der Waals surface area (Å²) in [5.41, 5.74) is 7.87. The van der Waals surface area contributed by atoms with Crippen LogP contribution in [-0.2, 0) is 11.2 Å². The lowest BCUT2D eigenvalue weighted by molar-refractivity contribution is -0.00535. The Labute approximate surface area is 162 Å². The van der Waals surface area contributed by atoms with Gasteiger partial charge in [-0.25, -0.2) is 0 Å². The van der Waals surface area contributed by atoms with Crippen molar-refractivity contribution in [3.05, 3.63) is 36.2 Å². The number of hydrogen-bond donors (Lipinski definition) is 3. The molecule has 1 saturated heterocycles. The second kappa shape index (κ2) is 7.95. The summed E-state index contributed by atoms with van der Waals surface area (Å²) in [5, 5.41) is 28.9. The monoisotopic (exact) mass is 382 g/mol. The Morgan fingerprint density at radius 2 is 2.00 bits per heavy atom. The third kappa shape index (κ3) is 3.56. The van der Waals surface area contributed by atoms with Gasteiger partial charge in [-0.2, -0.15) is 0 Å². The second-order valence-corrected chi connectivity index (χ2v) is 6.76. The van der Waals surface area contributed by atoms with Crippen LogP contribution in [0.2, 0.25) is 0 Å². The third-order valence-electron chi connectivity index (χ3n) is 4.85. The van der Waals surface area contributed by atoms with Gasteiger partial charge in [0.1, 0.15) is 17.2 Å². The van der Waals surface area contributed by atoms with Crippen LogP contribution in [0.15, 0.2) is 30.6 Å². The summed E-state index contributed by atoms with van der Waals surface area (Å²) < 4.78 is 10.4. The van der Waals surface area contributed by atoms with Crippen molar-refractivity contribution in [1.82, 2.24) is 15.2 Å². The van der Waals surface area contributed by atoms with Crippen molar-refractivity contribution < 1.29 is 19.7 Å². The molecule has 8 nitrogen and oxygen atoms in total. The van der Waals surface area contributed by atoms with E-state index in [-0.39, 0.29) is 11.9 Å². The van der Waals surface area contributed by atoms with Crippen LogP contribution in [0.5, 0.6) is 11.5 Å². The highest BCUT2D eigenvalue weighted by molar-refractivity contribution is 6.00. The van der Waals surface area contributed by atoms with E-state index in [0.717, 1.165) is 41.5 Å². The van der Waals surface area contributed by atoms with E-state index in [0.29, 0.717) is 36.7 Å². The van der Waals surface area contributed by atoms with Gasteiger partial charge in [-0.15, -0.1) is 10.2 Å². The van der Waals surface area contributed by atoms with Crippen LogP contribution >= 0.6 is 0 Å². The van der Waals surface area contributed by atoms with Crippen molar-refractivity contribution in [2.45, 2.75) is 25.4 Å². The first-order valence-corrected chi connectivity index (χ1v) is 9.25. The average molecular weight is 382 g/mol. The molecule has 0 radical (unpaired) electrons. The minimum absolute atomic E-state index is 0.186. The molecule has 5 rings (SSSR count). The van der Waals surface area contributed by atoms with Crippen LogP contribution in [-0.4, -0.2) is 51.3 Å². The van der Waals surface area contributed by atoms with Gasteiger partial charge in [-0.1, -0.05) is 0 Å². The molecule has 0 amide bonds. The molecular formula is C20H22N4O4. The largest absolute Gasteiger partial charge is 0.507 e. The van der Waals surface area contributed by atoms with Gasteiger partial charge in [0.15, 0.2) is 5.82 Å². The number of pyridine rings is 1. The third-order valence-corrected chi connectivity index (χ3v) is 4.85. The zero-order valence-corrected chi connectivity index (χ0v) is 15.3. The summed E-state index contributed by atoms with van der Waals surface area (Å²) in [5.74, 6) is 1.25. The molecule has 2 aliphatic rings. The highest BCUT2D eigenvalue weighted by Gasteiger charge is 2.21. The lowest BCUT2D eigenvalue weighted by Crippen LogP contribution is -2.21. The smallest absolute Gasteiger partial charge is 0.155 e. The molecule has 2 aromatic heterocycles. The molecule has 0 saturated carbocycles. The minimum Gasteiger partial charge on any atom is -0.507 e. The quantitative estimate of drug-likeness (QED) is 0.584. The van der Waals surface area contributed by atoms with E-state index in [4.69, 9.17) is 20.3 Å². The minimum atomic E-state index is -0.186. The van der Waals surface area contributed by atoms with Crippen molar-refractivity contribution >= 4 is 16.6 Å². The van der Waals surface area contributed by atoms with Gasteiger partial charge < -0.3 is 25.4 Å². The van der Waals surface area contributed by atoms with Crippen LogP contribution in [0.25, 0.3) is 22.0 Å². The molecule has 4 heterocycles. The fourth-order valence-corrected chi connectivity index (χ4v) is 3.39. The fourth-order valence-electron chi connectivity index (χ4n) is 3.39. The first kappa shape index (κ1) is 18.4. The molecule has 0 bridgehead atoms. The number of hydrogen-bond acceptors (Lipinski definition) is 8. The van der Waals surface area contributed by atoms with Crippen LogP contribution in [0.1, 0.15) is 18.4 Å². The van der Waals surface area contributed by atoms with Crippen LogP contribution in [0.3, 0.4) is 0 Å². The van der Waals surface area contributed by atoms with Crippen molar-refractivity contribution in [2.24, 2.45) is 0 Å². The normalized spacial score (nSPS) is 18.1. The first-order valence-electron chi connectivity index (χ1n) is 9.25. The van der Waals surface area contributed by atoms with Gasteiger partial charge >= 0.3 is 0 Å². The van der Waals surface area contributed by atoms with Crippen molar-refractivity contribution in [3.8, 4) is 22.8 Å². The maximum Gasteiger partial charge on any atom is 0.155 e. The Kier molecular flexibility index (Phi) is 5.23. The number of aliphatic hydroxyl groups excluding tert-OH is 1. The Morgan fingerprint density at radius 3 is 2.75 bits per heavy atom. The molecule has 28 heavy (non-hydrogen) atoms. The van der Waals surface area contributed by atoms with E-state index in [9.17, 15) is 5.11 Å². The molecule has 3 aromatic rings. The molecule has 1 fully saturated rings. The van der Waals surface area contributed by atoms with Crippen molar-refractivity contribution in [1.29, 1.82) is 0 Å². The number of nitrogen functional groups attached to an aromatic ring is 1. The van der Waals surface area contributed by atoms with Gasteiger partial charge in [-0.05, 0) is 31.0 Å². The molecular weight excluding hydrogens is 360 g/mol. The Bertz CT molecular complexity index is 989. The topological polar surface area (TPSA) is 124 Å². The molecule has 0 spiro atoms. The zero-order valence-electron chi connectivity index (χ0n) is 15.3. The molecule has 2 aliphatic heterocycles. The van der Waals surface area contributed by atoms with Crippen LogP contribution in [0, 0.1) is 0 Å². The van der Waals surface area contributed by atoms with Gasteiger partial charge in [0, 0.05) is 47.3 Å². The van der Waals surface area contributed by atoms with E-state index < -0.39 is 0 Å². The number of benzene rings is 1. The molecule has 1 unspecified atom stereocenters. The molecule has 8 heteroatoms. The SMILES string of the molecule is Nc1nnc(-c2ccc3c(c2O)CCO3)c2ccncc12.OC1CCCOC1. The predicted octanol–water partition coefficient (Wildman–Crippen LogP) is 2.07. The number of anilines is 1. The summed E-state index contributed by atoms with van der Waals surface area (Å²) in [4.78, 5) is 4.06. The molecule has 1 atom stereocenters. The van der Waals surface area contributed by atoms with Gasteiger partial charge in [-0.3, -0.25) is 4.98 Å². The zero-order chi connectivity index (χ0) is 19.5. The summed E-state index contributed by atoms with van der Waals surface area (Å²) in [6, 6.07) is 5.46. The summed E-state index contributed by atoms with van der Waals surface area (Å²) in [6.45, 7) is 1.96. The summed E-state index contributed by atoms with van der Waals surface area (Å²) in [7, 11) is 0. The number of aliphatic hydroxyl groups is 1. The molecule has 146 valence electrons. The standard InChI is InChI=1S/C15H12N4O2.C5H10O2/c16-15-11-7-17-5-3-8(11)13(18-19-15)10-1-2-12-9(14(10)20)4-6-21-12;6-5-2-1-3-7-4-5/h1-3,5,7,20H,4,6H2,(H2,16,19);5-6H,1-4H2. The van der Waals surface area contributed by atoms with Gasteiger partial charge in [0.05, 0.1) is 19.3 Å². The first-order chi connectivity index (χ1) is 13.6. The van der Waals surface area contributed by atoms with E-state index in [1.165, 1.54) is 0 Å². The Morgan fingerprint density at radius 1 is 1.11 bits per heavy atom. The maximum atomic E-state index is 10.5. The van der Waals surface area contributed by atoms with Crippen molar-refractivity contribution in [2.75, 3.05) is 25.6 Å². The molecule has 1 aromatic carbocycles. The second-order valence-electron chi connectivity index (χ2n) is 6.76. The number of aromatic nitrogens is 3. The number of ether oxygens (including phenoxy) is 2. The number of phenolic OH excluding ortho intramolecular Hbond substituents is 1. The van der Waals surface area contributed by atoms with E-state index >= 15 is 0 Å². The van der Waals surface area contributed by atoms with E-state index in [1.54, 1.807) is 18.5 Å². The predicted molar refractivity (Wildman–Crippen MR) is 104 cm³/mol. The average Bonchev–Trinajstić information content (AvgIpc) is 3.20. The number of aromatic hydroxyl groups is 1. The molecule has 4 N–H and O–H groups in total. The lowest BCUT2D eigenvalue weighted by atomic mass is 10.0. The Hall–Kier alpha value is -2.97. The summed E-state index contributed by atoms with van der Waals surface area (Å²) in [6.07, 6.45) is 5.75. The highest BCUT2D eigenvalue weighted by Crippen LogP contribution is 2.41. The maximum absolute atomic E-state index is 10.5. The number of nitrogens with two attached hydrogens (primary N) is 1. The van der Waals surface area contributed by atoms with Gasteiger partial charge in [0.2, 0.25) is 0 Å². The van der Waals surface area contributed by atoms with E-state index in [1.807, 2.05) is 12.1 Å². The fraction of sp³-hybridized carbons (Fsp3) is 0.350. The lowest BCUT2D eigenvalue weighted by Gasteiger charge is -2.15. The number of nitrogens with zero attached hydrogens (tertiary/aromatic N) is 3. The highest BCUT2D eigenvalue weighted by atomic mass is 16.5. The van der Waals surface area contributed by atoms with Crippen LogP contribution in [0.4, 0.5) is 5.82 Å². The number of rotatable bonds is 1. The number of phenols is 1. The summed E-state index contributed by atoms with van der Waals surface area (Å²) >= 11 is 0.